The molecular weight excluding hydrogens is 230 g/mol. The van der Waals surface area contributed by atoms with E-state index in [0.29, 0.717) is 13.2 Å². The molecule has 0 amide bonds. The van der Waals surface area contributed by atoms with E-state index < -0.39 is 6.10 Å². The summed E-state index contributed by atoms with van der Waals surface area (Å²) in [4.78, 5) is 13.5. The largest absolute Gasteiger partial charge is 0.466 e. The van der Waals surface area contributed by atoms with Crippen molar-refractivity contribution < 1.29 is 14.6 Å². The maximum absolute atomic E-state index is 11.3. The van der Waals surface area contributed by atoms with Crippen LogP contribution in [0.2, 0.25) is 0 Å². The molecule has 0 bridgehead atoms. The second-order valence-electron chi connectivity index (χ2n) is 4.67. The molecule has 0 rings (SSSR count). The zero-order chi connectivity index (χ0) is 13.8. The zero-order valence-corrected chi connectivity index (χ0v) is 12.2. The summed E-state index contributed by atoms with van der Waals surface area (Å²) in [6.45, 7) is 9.03. The van der Waals surface area contributed by atoms with E-state index in [0.717, 1.165) is 38.8 Å². The molecule has 0 aromatic carbocycles. The van der Waals surface area contributed by atoms with Gasteiger partial charge in [0.1, 0.15) is 0 Å². The Morgan fingerprint density at radius 1 is 1.17 bits per heavy atom. The highest BCUT2D eigenvalue weighted by Gasteiger charge is 2.15. The summed E-state index contributed by atoms with van der Waals surface area (Å²) in [6.07, 6.45) is 4.05. The van der Waals surface area contributed by atoms with Crippen LogP contribution in [0.15, 0.2) is 0 Å². The van der Waals surface area contributed by atoms with Crippen molar-refractivity contribution in [3.8, 4) is 0 Å². The van der Waals surface area contributed by atoms with E-state index in [9.17, 15) is 9.90 Å². The Morgan fingerprint density at radius 2 is 1.72 bits per heavy atom. The standard InChI is InChI=1S/C14H29NO3/c1-4-7-9-15(10-8-5-2)12-13(16)11-14(17)18-6-3/h13,16H,4-12H2,1-3H3. The molecule has 1 unspecified atom stereocenters. The Balaban J connectivity index is 3.99. The van der Waals surface area contributed by atoms with Crippen LogP contribution in [0, 0.1) is 0 Å². The van der Waals surface area contributed by atoms with Crippen LogP contribution in [0.4, 0.5) is 0 Å². The summed E-state index contributed by atoms with van der Waals surface area (Å²) >= 11 is 0. The van der Waals surface area contributed by atoms with E-state index in [1.54, 1.807) is 6.92 Å². The van der Waals surface area contributed by atoms with Crippen molar-refractivity contribution >= 4 is 5.97 Å². The fourth-order valence-corrected chi connectivity index (χ4v) is 1.83. The molecule has 0 fully saturated rings. The molecule has 0 radical (unpaired) electrons. The smallest absolute Gasteiger partial charge is 0.308 e. The molecule has 0 aromatic heterocycles. The first-order chi connectivity index (χ1) is 8.63. The number of hydrogen-bond acceptors (Lipinski definition) is 4. The molecule has 1 N–H and O–H groups in total. The van der Waals surface area contributed by atoms with Crippen molar-refractivity contribution in [1.29, 1.82) is 0 Å². The van der Waals surface area contributed by atoms with Gasteiger partial charge in [-0.1, -0.05) is 26.7 Å². The minimum atomic E-state index is -0.613. The van der Waals surface area contributed by atoms with E-state index in [1.807, 2.05) is 0 Å². The second-order valence-corrected chi connectivity index (χ2v) is 4.67. The van der Waals surface area contributed by atoms with E-state index >= 15 is 0 Å². The highest BCUT2D eigenvalue weighted by Crippen LogP contribution is 2.04. The van der Waals surface area contributed by atoms with E-state index in [1.165, 1.54) is 0 Å². The van der Waals surface area contributed by atoms with Gasteiger partial charge in [0.05, 0.1) is 19.1 Å². The lowest BCUT2D eigenvalue weighted by atomic mass is 10.2. The molecule has 4 nitrogen and oxygen atoms in total. The summed E-state index contributed by atoms with van der Waals surface area (Å²) < 4.78 is 4.84. The van der Waals surface area contributed by atoms with Crippen LogP contribution in [0.25, 0.3) is 0 Å². The molecule has 0 heterocycles. The van der Waals surface area contributed by atoms with E-state index in [2.05, 4.69) is 18.7 Å². The van der Waals surface area contributed by atoms with Crippen LogP contribution in [0.5, 0.6) is 0 Å². The summed E-state index contributed by atoms with van der Waals surface area (Å²) in [5, 5.41) is 9.87. The molecule has 1 atom stereocenters. The third-order valence-electron chi connectivity index (χ3n) is 2.83. The first-order valence-electron chi connectivity index (χ1n) is 7.20. The number of aliphatic hydroxyl groups is 1. The van der Waals surface area contributed by atoms with Crippen molar-refractivity contribution in [3.63, 3.8) is 0 Å². The van der Waals surface area contributed by atoms with Crippen molar-refractivity contribution in [2.75, 3.05) is 26.2 Å². The number of esters is 1. The minimum Gasteiger partial charge on any atom is -0.466 e. The van der Waals surface area contributed by atoms with E-state index in [-0.39, 0.29) is 12.4 Å². The van der Waals surface area contributed by atoms with Gasteiger partial charge < -0.3 is 14.7 Å². The summed E-state index contributed by atoms with van der Waals surface area (Å²) in [7, 11) is 0. The summed E-state index contributed by atoms with van der Waals surface area (Å²) in [5.41, 5.74) is 0. The number of carbonyl (C=O) groups is 1. The molecule has 0 aliphatic heterocycles. The third-order valence-corrected chi connectivity index (χ3v) is 2.83. The molecule has 0 aliphatic rings. The zero-order valence-electron chi connectivity index (χ0n) is 12.2. The van der Waals surface area contributed by atoms with Crippen molar-refractivity contribution in [1.82, 2.24) is 4.90 Å². The lowest BCUT2D eigenvalue weighted by molar-refractivity contribution is -0.145. The average Bonchev–Trinajstić information content (AvgIpc) is 2.32. The first-order valence-corrected chi connectivity index (χ1v) is 7.20. The van der Waals surface area contributed by atoms with Gasteiger partial charge in [0, 0.05) is 6.54 Å². The molecule has 0 saturated heterocycles. The Bertz CT molecular complexity index is 201. The number of carbonyl (C=O) groups excluding carboxylic acids is 1. The van der Waals surface area contributed by atoms with Crippen LogP contribution in [0.3, 0.4) is 0 Å². The number of unbranched alkanes of at least 4 members (excludes halogenated alkanes) is 2. The lowest BCUT2D eigenvalue weighted by Gasteiger charge is -2.24. The highest BCUT2D eigenvalue weighted by molar-refractivity contribution is 5.69. The first kappa shape index (κ1) is 17.4. The second kappa shape index (κ2) is 11.5. The van der Waals surface area contributed by atoms with Gasteiger partial charge in [-0.25, -0.2) is 0 Å². The number of nitrogens with zero attached hydrogens (tertiary/aromatic N) is 1. The van der Waals surface area contributed by atoms with Gasteiger partial charge in [-0.2, -0.15) is 0 Å². The van der Waals surface area contributed by atoms with Crippen LogP contribution >= 0.6 is 0 Å². The van der Waals surface area contributed by atoms with Crippen LogP contribution in [-0.2, 0) is 9.53 Å². The molecule has 108 valence electrons. The van der Waals surface area contributed by atoms with Gasteiger partial charge in [0.25, 0.3) is 0 Å². The summed E-state index contributed by atoms with van der Waals surface area (Å²) in [5.74, 6) is -0.309. The van der Waals surface area contributed by atoms with Gasteiger partial charge in [-0.15, -0.1) is 0 Å². The van der Waals surface area contributed by atoms with Crippen molar-refractivity contribution in [2.24, 2.45) is 0 Å². The Hall–Kier alpha value is -0.610. The fourth-order valence-electron chi connectivity index (χ4n) is 1.83. The van der Waals surface area contributed by atoms with Gasteiger partial charge in [0.15, 0.2) is 0 Å². The number of rotatable bonds is 11. The number of aliphatic hydroxyl groups excluding tert-OH is 1. The maximum atomic E-state index is 11.3. The molecule has 0 spiro atoms. The lowest BCUT2D eigenvalue weighted by Crippen LogP contribution is -2.35. The van der Waals surface area contributed by atoms with Crippen LogP contribution < -0.4 is 0 Å². The normalized spacial score (nSPS) is 12.7. The van der Waals surface area contributed by atoms with Crippen LogP contribution in [-0.4, -0.2) is 48.3 Å². The Morgan fingerprint density at radius 3 is 2.17 bits per heavy atom. The molecular formula is C14H29NO3. The minimum absolute atomic E-state index is 0.0998. The molecule has 4 heteroatoms. The SMILES string of the molecule is CCCCN(CCCC)CC(O)CC(=O)OCC. The van der Waals surface area contributed by atoms with Gasteiger partial charge in [0.2, 0.25) is 0 Å². The molecule has 18 heavy (non-hydrogen) atoms. The van der Waals surface area contributed by atoms with Crippen molar-refractivity contribution in [2.45, 2.75) is 59.0 Å². The average molecular weight is 259 g/mol. The topological polar surface area (TPSA) is 49.8 Å². The number of hydrogen-bond donors (Lipinski definition) is 1. The summed E-state index contributed by atoms with van der Waals surface area (Å²) in [6, 6.07) is 0. The van der Waals surface area contributed by atoms with Crippen molar-refractivity contribution in [3.05, 3.63) is 0 Å². The van der Waals surface area contributed by atoms with Gasteiger partial charge in [-0.3, -0.25) is 4.79 Å². The fraction of sp³-hybridized carbons (Fsp3) is 0.929. The third kappa shape index (κ3) is 9.42. The number of ether oxygens (including phenoxy) is 1. The molecule has 0 aliphatic carbocycles. The monoisotopic (exact) mass is 259 g/mol. The maximum Gasteiger partial charge on any atom is 0.308 e. The Kier molecular flexibility index (Phi) is 11.1. The Labute approximate surface area is 111 Å². The molecule has 0 aromatic rings. The highest BCUT2D eigenvalue weighted by atomic mass is 16.5. The predicted octanol–water partition coefficient (Wildman–Crippen LogP) is 2.20. The predicted molar refractivity (Wildman–Crippen MR) is 73.5 cm³/mol. The van der Waals surface area contributed by atoms with E-state index in [4.69, 9.17) is 4.74 Å². The van der Waals surface area contributed by atoms with Gasteiger partial charge in [-0.05, 0) is 32.9 Å². The van der Waals surface area contributed by atoms with Gasteiger partial charge >= 0.3 is 5.97 Å². The molecule has 0 saturated carbocycles. The quantitative estimate of drug-likeness (QED) is 0.578. The van der Waals surface area contributed by atoms with Crippen LogP contribution in [0.1, 0.15) is 52.9 Å².